The molecule has 0 aromatic heterocycles. The highest BCUT2D eigenvalue weighted by Crippen LogP contribution is 2.28. The number of methoxy groups -OCH3 is 1. The Morgan fingerprint density at radius 2 is 1.65 bits per heavy atom. The smallest absolute Gasteiger partial charge is 0.264 e. The fraction of sp³-hybridized carbons (Fsp3) is 0.310. The quantitative estimate of drug-likeness (QED) is 0.293. The van der Waals surface area contributed by atoms with Crippen LogP contribution in [0.15, 0.2) is 77.7 Å². The van der Waals surface area contributed by atoms with E-state index < -0.39 is 28.5 Å². The number of carbonyl (C=O) groups excluding carboxylic acids is 2. The highest BCUT2D eigenvalue weighted by Gasteiger charge is 2.33. The second-order valence-electron chi connectivity index (χ2n) is 9.27. The molecule has 0 radical (unpaired) electrons. The van der Waals surface area contributed by atoms with Crippen molar-refractivity contribution in [1.29, 1.82) is 0 Å². The summed E-state index contributed by atoms with van der Waals surface area (Å²) >= 11 is 12.6. The Kier molecular flexibility index (Phi) is 10.8. The van der Waals surface area contributed by atoms with E-state index in [1.165, 1.54) is 42.3 Å². The number of hydrogen-bond acceptors (Lipinski definition) is 5. The van der Waals surface area contributed by atoms with Gasteiger partial charge in [0.1, 0.15) is 18.3 Å². The van der Waals surface area contributed by atoms with Gasteiger partial charge in [0, 0.05) is 22.6 Å². The molecule has 3 aromatic rings. The first kappa shape index (κ1) is 31.3. The standard InChI is InChI=1S/C29H33Cl2N3O5S/c1-5-20(2)32-29(36)21(3)33(18-22-9-6-7-12-27(22)31)28(35)19-34(24-11-8-10-23(30)17-24)40(37,38)26-15-13-25(39-4)14-16-26/h6-17,20-21H,5,18-19H2,1-4H3,(H,32,36)/t20-,21-/m1/s1. The molecule has 2 atom stereocenters. The molecule has 3 rings (SSSR count). The van der Waals surface area contributed by atoms with E-state index in [1.807, 2.05) is 13.8 Å². The zero-order chi connectivity index (χ0) is 29.4. The highest BCUT2D eigenvalue weighted by atomic mass is 35.5. The summed E-state index contributed by atoms with van der Waals surface area (Å²) in [7, 11) is -2.75. The average Bonchev–Trinajstić information content (AvgIpc) is 2.94. The summed E-state index contributed by atoms with van der Waals surface area (Å²) in [4.78, 5) is 28.4. The van der Waals surface area contributed by atoms with Crippen molar-refractivity contribution < 1.29 is 22.7 Å². The van der Waals surface area contributed by atoms with Gasteiger partial charge in [-0.05, 0) is 74.4 Å². The highest BCUT2D eigenvalue weighted by molar-refractivity contribution is 7.92. The second-order valence-corrected chi connectivity index (χ2v) is 12.0. The van der Waals surface area contributed by atoms with Gasteiger partial charge >= 0.3 is 0 Å². The van der Waals surface area contributed by atoms with Crippen LogP contribution >= 0.6 is 23.2 Å². The normalized spacial score (nSPS) is 12.8. The predicted octanol–water partition coefficient (Wildman–Crippen LogP) is 5.53. The van der Waals surface area contributed by atoms with Crippen LogP contribution in [-0.4, -0.2) is 50.9 Å². The fourth-order valence-electron chi connectivity index (χ4n) is 3.89. The molecule has 0 aliphatic heterocycles. The maximum absolute atomic E-state index is 14.0. The number of carbonyl (C=O) groups is 2. The maximum atomic E-state index is 14.0. The molecule has 1 N–H and O–H groups in total. The number of sulfonamides is 1. The Bertz CT molecular complexity index is 1430. The maximum Gasteiger partial charge on any atom is 0.264 e. The zero-order valence-electron chi connectivity index (χ0n) is 22.8. The number of amides is 2. The Hall–Kier alpha value is -3.27. The van der Waals surface area contributed by atoms with Gasteiger partial charge < -0.3 is 15.0 Å². The van der Waals surface area contributed by atoms with Crippen LogP contribution in [0.2, 0.25) is 10.0 Å². The summed E-state index contributed by atoms with van der Waals surface area (Å²) in [6.07, 6.45) is 0.708. The molecule has 3 aromatic carbocycles. The summed E-state index contributed by atoms with van der Waals surface area (Å²) in [5.74, 6) is -0.470. The SMILES string of the molecule is CC[C@@H](C)NC(=O)[C@@H](C)N(Cc1ccccc1Cl)C(=O)CN(c1cccc(Cl)c1)S(=O)(=O)c1ccc(OC)cc1. The van der Waals surface area contributed by atoms with Crippen molar-refractivity contribution in [2.75, 3.05) is 18.0 Å². The number of ether oxygens (including phenoxy) is 1. The monoisotopic (exact) mass is 605 g/mol. The topological polar surface area (TPSA) is 96.0 Å². The molecule has 0 heterocycles. The van der Waals surface area contributed by atoms with E-state index in [2.05, 4.69) is 5.32 Å². The van der Waals surface area contributed by atoms with Gasteiger partial charge in [0.15, 0.2) is 0 Å². The molecule has 0 bridgehead atoms. The summed E-state index contributed by atoms with van der Waals surface area (Å²) in [6, 6.07) is 18.0. The van der Waals surface area contributed by atoms with Crippen LogP contribution < -0.4 is 14.4 Å². The van der Waals surface area contributed by atoms with E-state index in [9.17, 15) is 18.0 Å². The number of benzene rings is 3. The average molecular weight is 607 g/mol. The largest absolute Gasteiger partial charge is 0.497 e. The molecular weight excluding hydrogens is 573 g/mol. The lowest BCUT2D eigenvalue weighted by Gasteiger charge is -2.32. The van der Waals surface area contributed by atoms with E-state index in [1.54, 1.807) is 49.4 Å². The Balaban J connectivity index is 2.04. The van der Waals surface area contributed by atoms with Crippen LogP contribution in [0.4, 0.5) is 5.69 Å². The van der Waals surface area contributed by atoms with Gasteiger partial charge in [-0.15, -0.1) is 0 Å². The minimum Gasteiger partial charge on any atom is -0.497 e. The minimum atomic E-state index is -4.23. The van der Waals surface area contributed by atoms with E-state index in [0.717, 1.165) is 4.31 Å². The lowest BCUT2D eigenvalue weighted by molar-refractivity contribution is -0.139. The van der Waals surface area contributed by atoms with Crippen LogP contribution in [0.25, 0.3) is 0 Å². The van der Waals surface area contributed by atoms with Crippen LogP contribution in [0, 0.1) is 0 Å². The number of halogens is 2. The fourth-order valence-corrected chi connectivity index (χ4v) is 5.68. The molecular formula is C29H33Cl2N3O5S. The van der Waals surface area contributed by atoms with Gasteiger partial charge in [-0.2, -0.15) is 0 Å². The Morgan fingerprint density at radius 3 is 2.25 bits per heavy atom. The molecule has 0 unspecified atom stereocenters. The molecule has 0 saturated carbocycles. The first-order chi connectivity index (χ1) is 19.0. The van der Waals surface area contributed by atoms with Crippen molar-refractivity contribution >= 4 is 50.7 Å². The van der Waals surface area contributed by atoms with Gasteiger partial charge in [-0.25, -0.2) is 8.42 Å². The molecule has 0 saturated heterocycles. The number of nitrogens with zero attached hydrogens (tertiary/aromatic N) is 2. The molecule has 2 amide bonds. The zero-order valence-corrected chi connectivity index (χ0v) is 25.1. The lowest BCUT2D eigenvalue weighted by Crippen LogP contribution is -2.52. The summed E-state index contributed by atoms with van der Waals surface area (Å²) < 4.78 is 33.9. The molecule has 11 heteroatoms. The number of anilines is 1. The van der Waals surface area contributed by atoms with Gasteiger partial charge in [0.25, 0.3) is 10.0 Å². The van der Waals surface area contributed by atoms with Crippen molar-refractivity contribution in [3.63, 3.8) is 0 Å². The summed E-state index contributed by atoms with van der Waals surface area (Å²) in [6.45, 7) is 4.83. The van der Waals surface area contributed by atoms with E-state index >= 15 is 0 Å². The van der Waals surface area contributed by atoms with Gasteiger partial charge in [-0.3, -0.25) is 13.9 Å². The van der Waals surface area contributed by atoms with Gasteiger partial charge in [0.05, 0.1) is 17.7 Å². The van der Waals surface area contributed by atoms with Crippen molar-refractivity contribution in [2.45, 2.75) is 50.7 Å². The molecule has 0 aliphatic rings. The van der Waals surface area contributed by atoms with Crippen molar-refractivity contribution in [1.82, 2.24) is 10.2 Å². The molecule has 0 spiro atoms. The van der Waals surface area contributed by atoms with Gasteiger partial charge in [-0.1, -0.05) is 54.4 Å². The summed E-state index contributed by atoms with van der Waals surface area (Å²) in [5, 5.41) is 3.62. The van der Waals surface area contributed by atoms with Gasteiger partial charge in [0.2, 0.25) is 11.8 Å². The summed E-state index contributed by atoms with van der Waals surface area (Å²) in [5.41, 5.74) is 0.819. The molecule has 214 valence electrons. The molecule has 8 nitrogen and oxygen atoms in total. The third kappa shape index (κ3) is 7.68. The Labute approximate surface area is 245 Å². The molecule has 0 aliphatic carbocycles. The molecule has 0 fully saturated rings. The van der Waals surface area contributed by atoms with E-state index in [4.69, 9.17) is 27.9 Å². The van der Waals surface area contributed by atoms with Crippen LogP contribution in [-0.2, 0) is 26.2 Å². The first-order valence-corrected chi connectivity index (χ1v) is 14.9. The predicted molar refractivity (Wildman–Crippen MR) is 158 cm³/mol. The third-order valence-corrected chi connectivity index (χ3v) is 8.88. The van der Waals surface area contributed by atoms with Crippen LogP contribution in [0.3, 0.4) is 0 Å². The number of hydrogen-bond donors (Lipinski definition) is 1. The number of nitrogens with one attached hydrogen (secondary N) is 1. The van der Waals surface area contributed by atoms with Crippen LogP contribution in [0.1, 0.15) is 32.8 Å². The minimum absolute atomic E-state index is 0.000428. The number of rotatable bonds is 12. The van der Waals surface area contributed by atoms with Crippen LogP contribution in [0.5, 0.6) is 5.75 Å². The second kappa shape index (κ2) is 13.9. The van der Waals surface area contributed by atoms with Crippen molar-refractivity contribution in [2.24, 2.45) is 0 Å². The van der Waals surface area contributed by atoms with E-state index in [-0.39, 0.29) is 29.1 Å². The van der Waals surface area contributed by atoms with Crippen molar-refractivity contribution in [3.05, 3.63) is 88.4 Å². The van der Waals surface area contributed by atoms with E-state index in [0.29, 0.717) is 27.8 Å². The Morgan fingerprint density at radius 1 is 0.975 bits per heavy atom. The molecule has 40 heavy (non-hydrogen) atoms. The third-order valence-electron chi connectivity index (χ3n) is 6.49. The van der Waals surface area contributed by atoms with Crippen molar-refractivity contribution in [3.8, 4) is 5.75 Å². The first-order valence-electron chi connectivity index (χ1n) is 12.7. The lowest BCUT2D eigenvalue weighted by atomic mass is 10.1.